The van der Waals surface area contributed by atoms with Gasteiger partial charge in [0.2, 0.25) is 5.90 Å². The van der Waals surface area contributed by atoms with Gasteiger partial charge in [-0.05, 0) is 37.4 Å². The zero-order chi connectivity index (χ0) is 13.1. The van der Waals surface area contributed by atoms with E-state index in [1.165, 1.54) is 24.0 Å². The highest BCUT2D eigenvalue weighted by Gasteiger charge is 2.27. The molecule has 3 nitrogen and oxygen atoms in total. The molecule has 2 atom stereocenters. The molecular formula is C16H22N2O. The fourth-order valence-corrected chi connectivity index (χ4v) is 2.88. The van der Waals surface area contributed by atoms with Crippen LogP contribution in [-0.2, 0) is 11.2 Å². The maximum atomic E-state index is 6.05. The van der Waals surface area contributed by atoms with Crippen molar-refractivity contribution in [1.29, 1.82) is 0 Å². The fraction of sp³-hybridized carbons (Fsp3) is 0.562. The number of aliphatic imine (C=N–C) groups is 1. The van der Waals surface area contributed by atoms with Crippen LogP contribution in [0.4, 0.5) is 0 Å². The van der Waals surface area contributed by atoms with E-state index >= 15 is 0 Å². The van der Waals surface area contributed by atoms with Crippen LogP contribution in [0.2, 0.25) is 0 Å². The number of nitrogens with zero attached hydrogens (tertiary/aromatic N) is 1. The van der Waals surface area contributed by atoms with Gasteiger partial charge in [0, 0.05) is 6.42 Å². The summed E-state index contributed by atoms with van der Waals surface area (Å²) in [6.07, 6.45) is 4.90. The van der Waals surface area contributed by atoms with Gasteiger partial charge < -0.3 is 10.1 Å². The third kappa shape index (κ3) is 2.98. The second-order valence-electron chi connectivity index (χ2n) is 5.55. The van der Waals surface area contributed by atoms with Crippen LogP contribution in [0.25, 0.3) is 0 Å². The lowest BCUT2D eigenvalue weighted by atomic mass is 10.0. The normalized spacial score (nSPS) is 26.9. The van der Waals surface area contributed by atoms with E-state index in [9.17, 15) is 0 Å². The van der Waals surface area contributed by atoms with E-state index in [1.54, 1.807) is 0 Å². The molecule has 0 aromatic heterocycles. The molecule has 3 rings (SSSR count). The third-order valence-electron chi connectivity index (χ3n) is 4.06. The molecular weight excluding hydrogens is 236 g/mol. The van der Waals surface area contributed by atoms with Crippen LogP contribution < -0.4 is 5.32 Å². The van der Waals surface area contributed by atoms with Crippen molar-refractivity contribution in [3.63, 3.8) is 0 Å². The van der Waals surface area contributed by atoms with Crippen molar-refractivity contribution in [2.45, 2.75) is 44.8 Å². The summed E-state index contributed by atoms with van der Waals surface area (Å²) in [5.41, 5.74) is 2.72. The number of nitrogens with one attached hydrogen (secondary N) is 1. The molecule has 1 aromatic rings. The highest BCUT2D eigenvalue weighted by Crippen LogP contribution is 2.18. The highest BCUT2D eigenvalue weighted by molar-refractivity contribution is 5.83. The molecule has 2 heterocycles. The lowest BCUT2D eigenvalue weighted by Crippen LogP contribution is -2.41. The molecule has 0 amide bonds. The average Bonchev–Trinajstić information content (AvgIpc) is 2.91. The number of aryl methyl sites for hydroxylation is 1. The largest absolute Gasteiger partial charge is 0.474 e. The predicted octanol–water partition coefficient (Wildman–Crippen LogP) is 2.48. The van der Waals surface area contributed by atoms with Gasteiger partial charge in [0.25, 0.3) is 0 Å². The van der Waals surface area contributed by atoms with Crippen LogP contribution in [0.5, 0.6) is 0 Å². The minimum absolute atomic E-state index is 0.222. The smallest absolute Gasteiger partial charge is 0.201 e. The van der Waals surface area contributed by atoms with Gasteiger partial charge in [-0.3, -0.25) is 4.99 Å². The van der Waals surface area contributed by atoms with Crippen molar-refractivity contribution in [2.24, 2.45) is 4.99 Å². The minimum Gasteiger partial charge on any atom is -0.474 e. The summed E-state index contributed by atoms with van der Waals surface area (Å²) >= 11 is 0. The SMILES string of the molecule is Cc1ccccc1CC1CN=C(C2CCCCN2)O1. The molecule has 3 heteroatoms. The Kier molecular flexibility index (Phi) is 3.83. The summed E-state index contributed by atoms with van der Waals surface area (Å²) in [4.78, 5) is 4.60. The summed E-state index contributed by atoms with van der Waals surface area (Å²) in [5.74, 6) is 0.943. The molecule has 0 bridgehead atoms. The first-order valence-electron chi connectivity index (χ1n) is 7.32. The van der Waals surface area contributed by atoms with Gasteiger partial charge >= 0.3 is 0 Å². The number of ether oxygens (including phenoxy) is 1. The topological polar surface area (TPSA) is 33.6 Å². The van der Waals surface area contributed by atoms with Crippen molar-refractivity contribution >= 4 is 5.90 Å². The number of hydrogen-bond donors (Lipinski definition) is 1. The van der Waals surface area contributed by atoms with E-state index < -0.39 is 0 Å². The van der Waals surface area contributed by atoms with Gasteiger partial charge in [-0.1, -0.05) is 30.7 Å². The molecule has 0 aliphatic carbocycles. The third-order valence-corrected chi connectivity index (χ3v) is 4.06. The Morgan fingerprint density at radius 2 is 2.21 bits per heavy atom. The van der Waals surface area contributed by atoms with Crippen molar-refractivity contribution in [3.05, 3.63) is 35.4 Å². The summed E-state index contributed by atoms with van der Waals surface area (Å²) in [5, 5.41) is 3.50. The van der Waals surface area contributed by atoms with Crippen molar-refractivity contribution in [1.82, 2.24) is 5.32 Å². The van der Waals surface area contributed by atoms with Crippen LogP contribution in [0.1, 0.15) is 30.4 Å². The summed E-state index contributed by atoms with van der Waals surface area (Å²) < 4.78 is 6.05. The lowest BCUT2D eigenvalue weighted by Gasteiger charge is -2.23. The predicted molar refractivity (Wildman–Crippen MR) is 77.7 cm³/mol. The summed E-state index contributed by atoms with van der Waals surface area (Å²) in [6.45, 7) is 4.06. The van der Waals surface area contributed by atoms with Crippen LogP contribution in [0.15, 0.2) is 29.3 Å². The zero-order valence-electron chi connectivity index (χ0n) is 11.6. The second-order valence-corrected chi connectivity index (χ2v) is 5.55. The van der Waals surface area contributed by atoms with Crippen LogP contribution in [-0.4, -0.2) is 31.1 Å². The minimum atomic E-state index is 0.222. The Labute approximate surface area is 115 Å². The Bertz CT molecular complexity index is 464. The van der Waals surface area contributed by atoms with Gasteiger partial charge in [0.15, 0.2) is 0 Å². The van der Waals surface area contributed by atoms with Crippen LogP contribution in [0, 0.1) is 6.92 Å². The maximum Gasteiger partial charge on any atom is 0.201 e. The first-order valence-corrected chi connectivity index (χ1v) is 7.32. The molecule has 1 N–H and O–H groups in total. The van der Waals surface area contributed by atoms with Gasteiger partial charge in [-0.2, -0.15) is 0 Å². The number of benzene rings is 1. The molecule has 1 fully saturated rings. The van der Waals surface area contributed by atoms with Gasteiger partial charge in [-0.15, -0.1) is 0 Å². The highest BCUT2D eigenvalue weighted by atomic mass is 16.5. The molecule has 1 aromatic carbocycles. The molecule has 1 saturated heterocycles. The molecule has 0 saturated carbocycles. The van der Waals surface area contributed by atoms with Crippen molar-refractivity contribution < 1.29 is 4.74 Å². The lowest BCUT2D eigenvalue weighted by molar-refractivity contribution is 0.209. The molecule has 0 spiro atoms. The van der Waals surface area contributed by atoms with E-state index in [0.717, 1.165) is 31.8 Å². The molecule has 2 aliphatic heterocycles. The van der Waals surface area contributed by atoms with Gasteiger partial charge in [-0.25, -0.2) is 0 Å². The Morgan fingerprint density at radius 1 is 1.32 bits per heavy atom. The molecule has 0 radical (unpaired) electrons. The number of rotatable bonds is 3. The van der Waals surface area contributed by atoms with Crippen molar-refractivity contribution in [3.8, 4) is 0 Å². The molecule has 19 heavy (non-hydrogen) atoms. The van der Waals surface area contributed by atoms with E-state index in [2.05, 4.69) is 41.5 Å². The monoisotopic (exact) mass is 258 g/mol. The molecule has 2 aliphatic rings. The van der Waals surface area contributed by atoms with E-state index in [4.69, 9.17) is 4.74 Å². The zero-order valence-corrected chi connectivity index (χ0v) is 11.6. The first-order chi connectivity index (χ1) is 9.33. The van der Waals surface area contributed by atoms with E-state index in [1.807, 2.05) is 0 Å². The maximum absolute atomic E-state index is 6.05. The number of hydrogen-bond acceptors (Lipinski definition) is 3. The Morgan fingerprint density at radius 3 is 3.00 bits per heavy atom. The van der Waals surface area contributed by atoms with E-state index in [0.29, 0.717) is 6.04 Å². The number of piperidine rings is 1. The Hall–Kier alpha value is -1.35. The quantitative estimate of drug-likeness (QED) is 0.903. The fourth-order valence-electron chi connectivity index (χ4n) is 2.88. The summed E-state index contributed by atoms with van der Waals surface area (Å²) in [7, 11) is 0. The summed E-state index contributed by atoms with van der Waals surface area (Å²) in [6, 6.07) is 8.89. The second kappa shape index (κ2) is 5.74. The van der Waals surface area contributed by atoms with Crippen molar-refractivity contribution in [2.75, 3.05) is 13.1 Å². The van der Waals surface area contributed by atoms with Gasteiger partial charge in [0.1, 0.15) is 6.10 Å². The Balaban J connectivity index is 1.57. The van der Waals surface area contributed by atoms with Gasteiger partial charge in [0.05, 0.1) is 12.6 Å². The van der Waals surface area contributed by atoms with Crippen LogP contribution >= 0.6 is 0 Å². The molecule has 102 valence electrons. The standard InChI is InChI=1S/C16H22N2O/c1-12-6-2-3-7-13(12)10-14-11-18-16(19-14)15-8-4-5-9-17-15/h2-3,6-7,14-15,17H,4-5,8-11H2,1H3. The van der Waals surface area contributed by atoms with E-state index in [-0.39, 0.29) is 6.10 Å². The first kappa shape index (κ1) is 12.7. The average molecular weight is 258 g/mol. The molecule has 2 unspecified atom stereocenters. The van der Waals surface area contributed by atoms with Crippen LogP contribution in [0.3, 0.4) is 0 Å².